The lowest BCUT2D eigenvalue weighted by Gasteiger charge is -2.33. The predicted molar refractivity (Wildman–Crippen MR) is 65.2 cm³/mol. The van der Waals surface area contributed by atoms with Crippen LogP contribution in [-0.2, 0) is 6.54 Å². The van der Waals surface area contributed by atoms with Gasteiger partial charge in [0.1, 0.15) is 0 Å². The van der Waals surface area contributed by atoms with Crippen molar-refractivity contribution in [1.82, 2.24) is 9.88 Å². The van der Waals surface area contributed by atoms with Gasteiger partial charge in [-0.05, 0) is 39.4 Å². The first-order valence-electron chi connectivity index (χ1n) is 5.15. The molecule has 0 radical (unpaired) electrons. The summed E-state index contributed by atoms with van der Waals surface area (Å²) in [6.07, 6.45) is 1.84. The fourth-order valence-corrected chi connectivity index (χ4v) is 1.43. The summed E-state index contributed by atoms with van der Waals surface area (Å²) in [6, 6.07) is 4.05. The lowest BCUT2D eigenvalue weighted by atomic mass is 10.1. The van der Waals surface area contributed by atoms with Gasteiger partial charge in [0.05, 0.1) is 5.69 Å². The molecule has 0 bridgehead atoms. The third-order valence-corrected chi connectivity index (χ3v) is 3.52. The number of nitrogens with zero attached hydrogens (tertiary/aromatic N) is 2. The van der Waals surface area contributed by atoms with Crippen molar-refractivity contribution in [3.63, 3.8) is 0 Å². The van der Waals surface area contributed by atoms with Crippen molar-refractivity contribution >= 4 is 11.6 Å². The smallest absolute Gasteiger partial charge is 0.0573 e. The van der Waals surface area contributed by atoms with Crippen LogP contribution in [0.1, 0.15) is 25.1 Å². The Morgan fingerprint density at radius 2 is 2.13 bits per heavy atom. The summed E-state index contributed by atoms with van der Waals surface area (Å²) >= 11 is 5.93. The zero-order valence-corrected chi connectivity index (χ0v) is 10.7. The van der Waals surface area contributed by atoms with Crippen molar-refractivity contribution in [3.05, 3.63) is 29.6 Å². The van der Waals surface area contributed by atoms with Crippen LogP contribution in [0.5, 0.6) is 0 Å². The largest absolute Gasteiger partial charge is 0.294 e. The molecule has 15 heavy (non-hydrogen) atoms. The van der Waals surface area contributed by atoms with Crippen molar-refractivity contribution in [2.75, 3.05) is 12.9 Å². The maximum atomic E-state index is 5.93. The van der Waals surface area contributed by atoms with Crippen molar-refractivity contribution in [2.45, 2.75) is 32.9 Å². The van der Waals surface area contributed by atoms with E-state index in [1.54, 1.807) is 0 Å². The lowest BCUT2D eigenvalue weighted by molar-refractivity contribution is 0.168. The van der Waals surface area contributed by atoms with E-state index in [1.165, 1.54) is 5.56 Å². The average Bonchev–Trinajstić information content (AvgIpc) is 2.21. The van der Waals surface area contributed by atoms with Crippen molar-refractivity contribution in [1.29, 1.82) is 0 Å². The summed E-state index contributed by atoms with van der Waals surface area (Å²) in [7, 11) is 2.08. The first-order valence-corrected chi connectivity index (χ1v) is 5.68. The van der Waals surface area contributed by atoms with Gasteiger partial charge in [-0.2, -0.15) is 0 Å². The summed E-state index contributed by atoms with van der Waals surface area (Å²) in [5, 5.41) is 0. The first-order chi connectivity index (χ1) is 6.97. The SMILES string of the molecule is Cc1cccnc1CN(C)C(C)(C)CCl. The molecule has 3 heteroatoms. The predicted octanol–water partition coefficient (Wildman–Crippen LogP) is 2.84. The molecule has 0 aromatic carbocycles. The zero-order valence-electron chi connectivity index (χ0n) is 9.92. The highest BCUT2D eigenvalue weighted by Crippen LogP contribution is 2.17. The van der Waals surface area contributed by atoms with Gasteiger partial charge in [-0.15, -0.1) is 11.6 Å². The van der Waals surface area contributed by atoms with E-state index >= 15 is 0 Å². The number of hydrogen-bond donors (Lipinski definition) is 0. The summed E-state index contributed by atoms with van der Waals surface area (Å²) in [5.41, 5.74) is 2.36. The fraction of sp³-hybridized carbons (Fsp3) is 0.583. The molecule has 2 nitrogen and oxygen atoms in total. The second-order valence-electron chi connectivity index (χ2n) is 4.57. The summed E-state index contributed by atoms with van der Waals surface area (Å²) in [6.45, 7) is 7.20. The monoisotopic (exact) mass is 226 g/mol. The van der Waals surface area contributed by atoms with Crippen LogP contribution >= 0.6 is 11.6 Å². The van der Waals surface area contributed by atoms with Crippen molar-refractivity contribution < 1.29 is 0 Å². The van der Waals surface area contributed by atoms with Gasteiger partial charge >= 0.3 is 0 Å². The molecular formula is C12H19ClN2. The van der Waals surface area contributed by atoms with E-state index in [1.807, 2.05) is 12.3 Å². The van der Waals surface area contributed by atoms with Crippen molar-refractivity contribution in [3.8, 4) is 0 Å². The molecule has 1 aromatic rings. The second-order valence-corrected chi connectivity index (χ2v) is 4.84. The van der Waals surface area contributed by atoms with Gasteiger partial charge in [-0.3, -0.25) is 9.88 Å². The van der Waals surface area contributed by atoms with Gasteiger partial charge in [0, 0.05) is 24.2 Å². The number of hydrogen-bond acceptors (Lipinski definition) is 2. The Morgan fingerprint density at radius 1 is 1.47 bits per heavy atom. The highest BCUT2D eigenvalue weighted by atomic mass is 35.5. The van der Waals surface area contributed by atoms with Crippen LogP contribution in [-0.4, -0.2) is 28.4 Å². The van der Waals surface area contributed by atoms with Gasteiger partial charge in [-0.1, -0.05) is 6.07 Å². The van der Waals surface area contributed by atoms with E-state index < -0.39 is 0 Å². The average molecular weight is 227 g/mol. The number of alkyl halides is 1. The van der Waals surface area contributed by atoms with E-state index in [2.05, 4.69) is 43.8 Å². The lowest BCUT2D eigenvalue weighted by Crippen LogP contribution is -2.42. The molecule has 0 saturated heterocycles. The highest BCUT2D eigenvalue weighted by Gasteiger charge is 2.22. The molecule has 0 aliphatic carbocycles. The van der Waals surface area contributed by atoms with Crippen molar-refractivity contribution in [2.24, 2.45) is 0 Å². The number of aryl methyl sites for hydroxylation is 1. The van der Waals surface area contributed by atoms with E-state index in [4.69, 9.17) is 11.6 Å². The fourth-order valence-electron chi connectivity index (χ4n) is 1.22. The molecule has 0 saturated carbocycles. The molecule has 0 spiro atoms. The highest BCUT2D eigenvalue weighted by molar-refractivity contribution is 6.18. The summed E-state index contributed by atoms with van der Waals surface area (Å²) in [4.78, 5) is 6.61. The third kappa shape index (κ3) is 3.18. The molecule has 84 valence electrons. The van der Waals surface area contributed by atoms with Crippen LogP contribution in [0.3, 0.4) is 0 Å². The molecule has 1 aromatic heterocycles. The number of halogens is 1. The Morgan fingerprint density at radius 3 is 2.67 bits per heavy atom. The van der Waals surface area contributed by atoms with Crippen LogP contribution in [0.15, 0.2) is 18.3 Å². The molecule has 0 aliphatic rings. The minimum Gasteiger partial charge on any atom is -0.294 e. The van der Waals surface area contributed by atoms with E-state index in [-0.39, 0.29) is 5.54 Å². The Balaban J connectivity index is 2.75. The molecule has 0 atom stereocenters. The maximum absolute atomic E-state index is 5.93. The Hall–Kier alpha value is -0.600. The first kappa shape index (κ1) is 12.5. The molecule has 0 aliphatic heterocycles. The minimum absolute atomic E-state index is 0.00547. The van der Waals surface area contributed by atoms with Crippen LogP contribution in [0.25, 0.3) is 0 Å². The quantitative estimate of drug-likeness (QED) is 0.734. The van der Waals surface area contributed by atoms with Crippen LogP contribution in [0, 0.1) is 6.92 Å². The number of aromatic nitrogens is 1. The van der Waals surface area contributed by atoms with Crippen LogP contribution < -0.4 is 0 Å². The number of rotatable bonds is 4. The normalized spacial score (nSPS) is 12.1. The van der Waals surface area contributed by atoms with E-state index in [0.717, 1.165) is 12.2 Å². The van der Waals surface area contributed by atoms with Crippen LogP contribution in [0.4, 0.5) is 0 Å². The molecule has 0 N–H and O–H groups in total. The standard InChI is InChI=1S/C12H19ClN2/c1-10-6-5-7-14-11(10)8-15(4)12(2,3)9-13/h5-7H,8-9H2,1-4H3. The Kier molecular flexibility index (Phi) is 4.12. The summed E-state index contributed by atoms with van der Waals surface area (Å²) in [5.74, 6) is 0.620. The van der Waals surface area contributed by atoms with Gasteiger partial charge in [-0.25, -0.2) is 0 Å². The minimum atomic E-state index is 0.00547. The molecular weight excluding hydrogens is 208 g/mol. The zero-order chi connectivity index (χ0) is 11.5. The van der Waals surface area contributed by atoms with E-state index in [9.17, 15) is 0 Å². The molecule has 1 rings (SSSR count). The topological polar surface area (TPSA) is 16.1 Å². The van der Waals surface area contributed by atoms with Gasteiger partial charge < -0.3 is 0 Å². The Labute approximate surface area is 97.3 Å². The summed E-state index contributed by atoms with van der Waals surface area (Å²) < 4.78 is 0. The Bertz CT molecular complexity index is 323. The van der Waals surface area contributed by atoms with Crippen LogP contribution in [0.2, 0.25) is 0 Å². The van der Waals surface area contributed by atoms with Gasteiger partial charge in [0.2, 0.25) is 0 Å². The second kappa shape index (κ2) is 4.95. The van der Waals surface area contributed by atoms with Gasteiger partial charge in [0.15, 0.2) is 0 Å². The number of pyridine rings is 1. The third-order valence-electron chi connectivity index (χ3n) is 2.87. The maximum Gasteiger partial charge on any atom is 0.0573 e. The van der Waals surface area contributed by atoms with Gasteiger partial charge in [0.25, 0.3) is 0 Å². The molecule has 0 amide bonds. The molecule has 0 unspecified atom stereocenters. The van der Waals surface area contributed by atoms with E-state index in [0.29, 0.717) is 5.88 Å². The molecule has 1 heterocycles. The molecule has 0 fully saturated rings.